The number of hydrogen-bond donors (Lipinski definition) is 0. The van der Waals surface area contributed by atoms with Crippen molar-refractivity contribution in [2.45, 2.75) is 12.8 Å². The van der Waals surface area contributed by atoms with Crippen molar-refractivity contribution >= 4 is 24.1 Å². The number of allylic oxidation sites excluding steroid dienone is 1. The zero-order valence-corrected chi connectivity index (χ0v) is 10.6. The summed E-state index contributed by atoms with van der Waals surface area (Å²) in [5, 5.41) is 0. The highest BCUT2D eigenvalue weighted by molar-refractivity contribution is 5.85. The molecule has 92 valence electrons. The standard InChI is InChI=1S/C15H12FN.ClH/c16-14-3-4-15-12(1-2-13(15)10-14)9-11-5-7-17-8-6-11;/h3-10H,1-2H2;1H/b12-9+;. The fraction of sp³-hybridized carbons (Fsp3) is 0.133. The zero-order chi connectivity index (χ0) is 11.7. The minimum atomic E-state index is -0.145. The van der Waals surface area contributed by atoms with Crippen molar-refractivity contribution in [3.05, 3.63) is 65.2 Å². The molecule has 18 heavy (non-hydrogen) atoms. The molecule has 3 rings (SSSR count). The highest BCUT2D eigenvalue weighted by Crippen LogP contribution is 2.33. The van der Waals surface area contributed by atoms with E-state index < -0.39 is 0 Å². The van der Waals surface area contributed by atoms with Gasteiger partial charge in [-0.05, 0) is 59.4 Å². The summed E-state index contributed by atoms with van der Waals surface area (Å²) >= 11 is 0. The van der Waals surface area contributed by atoms with Gasteiger partial charge in [0.2, 0.25) is 0 Å². The van der Waals surface area contributed by atoms with Crippen LogP contribution in [0.25, 0.3) is 11.6 Å². The summed E-state index contributed by atoms with van der Waals surface area (Å²) in [4.78, 5) is 4.00. The van der Waals surface area contributed by atoms with Crippen LogP contribution in [-0.4, -0.2) is 4.98 Å². The monoisotopic (exact) mass is 261 g/mol. The van der Waals surface area contributed by atoms with Crippen LogP contribution in [0.1, 0.15) is 23.1 Å². The van der Waals surface area contributed by atoms with E-state index in [1.165, 1.54) is 17.2 Å². The average Bonchev–Trinajstić information content (AvgIpc) is 2.73. The number of halogens is 2. The maximum atomic E-state index is 13.1. The van der Waals surface area contributed by atoms with E-state index in [-0.39, 0.29) is 18.2 Å². The van der Waals surface area contributed by atoms with Gasteiger partial charge in [0.1, 0.15) is 5.82 Å². The summed E-state index contributed by atoms with van der Waals surface area (Å²) in [5.74, 6) is -0.145. The molecule has 1 heterocycles. The molecular formula is C15H13ClFN. The van der Waals surface area contributed by atoms with Gasteiger partial charge in [-0.1, -0.05) is 12.1 Å². The molecule has 1 nitrogen and oxygen atoms in total. The molecule has 0 saturated carbocycles. The molecule has 1 aliphatic rings. The summed E-state index contributed by atoms with van der Waals surface area (Å²) in [6.45, 7) is 0. The summed E-state index contributed by atoms with van der Waals surface area (Å²) in [5.41, 5.74) is 4.73. The van der Waals surface area contributed by atoms with Gasteiger partial charge < -0.3 is 0 Å². The minimum absolute atomic E-state index is 0. The molecule has 0 amide bonds. The van der Waals surface area contributed by atoms with Crippen molar-refractivity contribution in [2.75, 3.05) is 0 Å². The molecule has 1 aromatic carbocycles. The number of hydrogen-bond acceptors (Lipinski definition) is 1. The van der Waals surface area contributed by atoms with Gasteiger partial charge in [0, 0.05) is 12.4 Å². The summed E-state index contributed by atoms with van der Waals surface area (Å²) in [6, 6.07) is 9.01. The van der Waals surface area contributed by atoms with Crippen LogP contribution in [0.2, 0.25) is 0 Å². The largest absolute Gasteiger partial charge is 0.265 e. The van der Waals surface area contributed by atoms with E-state index in [2.05, 4.69) is 11.1 Å². The van der Waals surface area contributed by atoms with Crippen LogP contribution in [0.4, 0.5) is 4.39 Å². The van der Waals surface area contributed by atoms with E-state index >= 15 is 0 Å². The van der Waals surface area contributed by atoms with Crippen LogP contribution in [0.15, 0.2) is 42.7 Å². The number of benzene rings is 1. The third kappa shape index (κ3) is 2.44. The molecule has 0 unspecified atom stereocenters. The van der Waals surface area contributed by atoms with E-state index in [9.17, 15) is 4.39 Å². The van der Waals surface area contributed by atoms with Gasteiger partial charge in [-0.25, -0.2) is 4.39 Å². The highest BCUT2D eigenvalue weighted by atomic mass is 35.5. The third-order valence-corrected chi connectivity index (χ3v) is 3.12. The number of fused-ring (bicyclic) bond motifs is 1. The fourth-order valence-electron chi connectivity index (χ4n) is 2.30. The Hall–Kier alpha value is -1.67. The second-order valence-electron chi connectivity index (χ2n) is 4.25. The Bertz CT molecular complexity index is 578. The zero-order valence-electron chi connectivity index (χ0n) is 9.77. The lowest BCUT2D eigenvalue weighted by atomic mass is 10.1. The van der Waals surface area contributed by atoms with E-state index in [1.807, 2.05) is 18.2 Å². The number of pyridine rings is 1. The van der Waals surface area contributed by atoms with Gasteiger partial charge in [-0.2, -0.15) is 0 Å². The first-order chi connectivity index (χ1) is 8.33. The second-order valence-corrected chi connectivity index (χ2v) is 4.25. The fourth-order valence-corrected chi connectivity index (χ4v) is 2.30. The second kappa shape index (κ2) is 5.32. The molecule has 0 N–H and O–H groups in total. The topological polar surface area (TPSA) is 12.9 Å². The first kappa shape index (κ1) is 12.8. The quantitative estimate of drug-likeness (QED) is 0.752. The molecule has 0 bridgehead atoms. The molecule has 1 aliphatic carbocycles. The van der Waals surface area contributed by atoms with Crippen molar-refractivity contribution < 1.29 is 4.39 Å². The van der Waals surface area contributed by atoms with Crippen molar-refractivity contribution in [3.8, 4) is 0 Å². The van der Waals surface area contributed by atoms with Crippen molar-refractivity contribution in [2.24, 2.45) is 0 Å². The van der Waals surface area contributed by atoms with Gasteiger partial charge in [0.15, 0.2) is 0 Å². The molecule has 1 aromatic heterocycles. The molecule has 2 aromatic rings. The number of nitrogens with zero attached hydrogens (tertiary/aromatic N) is 1. The molecule has 3 heteroatoms. The van der Waals surface area contributed by atoms with Gasteiger partial charge in [0.25, 0.3) is 0 Å². The van der Waals surface area contributed by atoms with Crippen molar-refractivity contribution in [3.63, 3.8) is 0 Å². The summed E-state index contributed by atoms with van der Waals surface area (Å²) < 4.78 is 13.1. The van der Waals surface area contributed by atoms with Crippen LogP contribution < -0.4 is 0 Å². The Morgan fingerprint density at radius 3 is 2.61 bits per heavy atom. The minimum Gasteiger partial charge on any atom is -0.265 e. The molecule has 0 fully saturated rings. The normalized spacial score (nSPS) is 15.3. The first-order valence-corrected chi connectivity index (χ1v) is 5.72. The molecule has 0 aliphatic heterocycles. The van der Waals surface area contributed by atoms with Crippen molar-refractivity contribution in [1.29, 1.82) is 0 Å². The maximum Gasteiger partial charge on any atom is 0.123 e. The lowest BCUT2D eigenvalue weighted by Gasteiger charge is -2.01. The van der Waals surface area contributed by atoms with Gasteiger partial charge in [0.05, 0.1) is 0 Å². The Morgan fingerprint density at radius 2 is 1.83 bits per heavy atom. The van der Waals surface area contributed by atoms with Gasteiger partial charge >= 0.3 is 0 Å². The summed E-state index contributed by atoms with van der Waals surface area (Å²) in [7, 11) is 0. The van der Waals surface area contributed by atoms with Crippen LogP contribution in [0, 0.1) is 5.82 Å². The van der Waals surface area contributed by atoms with Crippen LogP contribution in [0.5, 0.6) is 0 Å². The van der Waals surface area contributed by atoms with Crippen LogP contribution in [0.3, 0.4) is 0 Å². The number of aryl methyl sites for hydroxylation is 1. The lowest BCUT2D eigenvalue weighted by molar-refractivity contribution is 0.626. The van der Waals surface area contributed by atoms with E-state index in [0.717, 1.165) is 24.0 Å². The Morgan fingerprint density at radius 1 is 1.06 bits per heavy atom. The number of aromatic nitrogens is 1. The van der Waals surface area contributed by atoms with E-state index in [0.29, 0.717) is 0 Å². The molecule has 0 atom stereocenters. The molecule has 0 saturated heterocycles. The predicted octanol–water partition coefficient (Wildman–Crippen LogP) is 4.13. The third-order valence-electron chi connectivity index (χ3n) is 3.12. The predicted molar refractivity (Wildman–Crippen MR) is 74.1 cm³/mol. The Labute approximate surface area is 112 Å². The first-order valence-electron chi connectivity index (χ1n) is 5.72. The average molecular weight is 262 g/mol. The lowest BCUT2D eigenvalue weighted by Crippen LogP contribution is -1.83. The van der Waals surface area contributed by atoms with Crippen LogP contribution >= 0.6 is 12.4 Å². The maximum absolute atomic E-state index is 13.1. The smallest absolute Gasteiger partial charge is 0.123 e. The molecular weight excluding hydrogens is 249 g/mol. The van der Waals surface area contributed by atoms with E-state index in [1.54, 1.807) is 18.5 Å². The molecule has 0 spiro atoms. The van der Waals surface area contributed by atoms with Gasteiger partial charge in [-0.3, -0.25) is 4.98 Å². The molecule has 0 radical (unpaired) electrons. The Kier molecular flexibility index (Phi) is 3.78. The van der Waals surface area contributed by atoms with Gasteiger partial charge in [-0.15, -0.1) is 12.4 Å². The number of rotatable bonds is 1. The van der Waals surface area contributed by atoms with E-state index in [4.69, 9.17) is 0 Å². The van der Waals surface area contributed by atoms with Crippen LogP contribution in [-0.2, 0) is 6.42 Å². The Balaban J connectivity index is 0.00000120. The van der Waals surface area contributed by atoms with Crippen molar-refractivity contribution in [1.82, 2.24) is 4.98 Å². The highest BCUT2D eigenvalue weighted by Gasteiger charge is 2.16. The SMILES string of the molecule is Cl.Fc1ccc2c(c1)CC/C2=C\c1ccncc1. The summed E-state index contributed by atoms with van der Waals surface area (Å²) in [6.07, 6.45) is 7.65.